The van der Waals surface area contributed by atoms with Crippen molar-refractivity contribution in [3.63, 3.8) is 0 Å². The fraction of sp³-hybridized carbons (Fsp3) is 0.667. The highest BCUT2D eigenvalue weighted by Gasteiger charge is 2.40. The molecule has 0 radical (unpaired) electrons. The number of ether oxygens (including phenoxy) is 2. The van der Waals surface area contributed by atoms with Gasteiger partial charge in [-0.15, -0.1) is 0 Å². The predicted molar refractivity (Wildman–Crippen MR) is 51.1 cm³/mol. The Morgan fingerprint density at radius 3 is 3.19 bits per heavy atom. The van der Waals surface area contributed by atoms with Crippen molar-refractivity contribution >= 4 is 0 Å². The number of hydrogen-bond donors (Lipinski definition) is 1. The van der Waals surface area contributed by atoms with Crippen LogP contribution in [0, 0.1) is 6.92 Å². The van der Waals surface area contributed by atoms with Crippen LogP contribution < -0.4 is 10.3 Å². The topological polar surface area (TPSA) is 86.5 Å². The SMILES string of the molecule is Cc1nn2c(nc1=O)OC[C@H]1O[C@@H]2C[C@@H]1O. The average molecular weight is 225 g/mol. The van der Waals surface area contributed by atoms with E-state index >= 15 is 0 Å². The maximum Gasteiger partial charge on any atom is 0.319 e. The van der Waals surface area contributed by atoms with Crippen molar-refractivity contribution in [2.24, 2.45) is 0 Å². The number of fused-ring (bicyclic) bond motifs is 4. The van der Waals surface area contributed by atoms with E-state index in [1.54, 1.807) is 6.92 Å². The molecule has 0 saturated carbocycles. The molecule has 0 aliphatic carbocycles. The molecule has 2 aliphatic heterocycles. The highest BCUT2D eigenvalue weighted by molar-refractivity contribution is 5.03. The van der Waals surface area contributed by atoms with Gasteiger partial charge in [0.25, 0.3) is 5.56 Å². The van der Waals surface area contributed by atoms with Gasteiger partial charge in [-0.25, -0.2) is 0 Å². The second-order valence-corrected chi connectivity index (χ2v) is 3.97. The van der Waals surface area contributed by atoms with Crippen LogP contribution in [0.5, 0.6) is 6.01 Å². The zero-order valence-corrected chi connectivity index (χ0v) is 8.66. The fourth-order valence-corrected chi connectivity index (χ4v) is 1.92. The Balaban J connectivity index is 2.10. The molecule has 1 aromatic rings. The van der Waals surface area contributed by atoms with E-state index in [0.29, 0.717) is 6.42 Å². The monoisotopic (exact) mass is 225 g/mol. The Bertz CT molecular complexity index is 486. The van der Waals surface area contributed by atoms with Crippen molar-refractivity contribution < 1.29 is 14.6 Å². The summed E-state index contributed by atoms with van der Waals surface area (Å²) in [5.41, 5.74) is -0.111. The highest BCUT2D eigenvalue weighted by atomic mass is 16.6. The molecule has 0 spiro atoms. The third-order valence-corrected chi connectivity index (χ3v) is 2.81. The van der Waals surface area contributed by atoms with Crippen molar-refractivity contribution in [1.82, 2.24) is 14.8 Å². The first-order valence-electron chi connectivity index (χ1n) is 5.09. The molecular weight excluding hydrogens is 214 g/mol. The van der Waals surface area contributed by atoms with E-state index in [2.05, 4.69) is 10.1 Å². The van der Waals surface area contributed by atoms with Crippen LogP contribution in [0.15, 0.2) is 4.79 Å². The molecule has 7 heteroatoms. The molecule has 7 nitrogen and oxygen atoms in total. The number of hydrogen-bond acceptors (Lipinski definition) is 6. The third-order valence-electron chi connectivity index (χ3n) is 2.81. The standard InChI is InChI=1S/C9H11N3O4/c1-4-8(14)10-9-12(11-4)7-2-5(13)6(16-7)3-15-9/h5-7,13H,2-3H2,1H3/t5-,6+,7+/m0/s1. The van der Waals surface area contributed by atoms with Crippen LogP contribution in [0.2, 0.25) is 0 Å². The lowest BCUT2D eigenvalue weighted by atomic mass is 10.2. The summed E-state index contributed by atoms with van der Waals surface area (Å²) in [6, 6.07) is 0.162. The number of nitrogens with zero attached hydrogens (tertiary/aromatic N) is 3. The van der Waals surface area contributed by atoms with E-state index in [9.17, 15) is 9.90 Å². The number of aliphatic hydroxyl groups is 1. The maximum atomic E-state index is 11.3. The van der Waals surface area contributed by atoms with Crippen molar-refractivity contribution in [2.45, 2.75) is 31.8 Å². The number of rotatable bonds is 0. The van der Waals surface area contributed by atoms with Crippen molar-refractivity contribution in [3.8, 4) is 6.01 Å². The van der Waals surface area contributed by atoms with Gasteiger partial charge < -0.3 is 14.6 Å². The van der Waals surface area contributed by atoms with Crippen LogP contribution in [-0.4, -0.2) is 38.7 Å². The molecule has 3 heterocycles. The molecule has 1 aromatic heterocycles. The Hall–Kier alpha value is -1.47. The van der Waals surface area contributed by atoms with E-state index in [1.807, 2.05) is 0 Å². The van der Waals surface area contributed by atoms with Crippen LogP contribution in [-0.2, 0) is 4.74 Å². The van der Waals surface area contributed by atoms with Crippen molar-refractivity contribution in [3.05, 3.63) is 16.0 Å². The summed E-state index contributed by atoms with van der Waals surface area (Å²) in [4.78, 5) is 15.1. The van der Waals surface area contributed by atoms with E-state index in [1.165, 1.54) is 4.68 Å². The lowest BCUT2D eigenvalue weighted by Crippen LogP contribution is -2.29. The minimum Gasteiger partial charge on any atom is -0.461 e. The van der Waals surface area contributed by atoms with Gasteiger partial charge in [0, 0.05) is 6.42 Å². The summed E-state index contributed by atoms with van der Waals surface area (Å²) >= 11 is 0. The molecule has 2 aliphatic rings. The van der Waals surface area contributed by atoms with Gasteiger partial charge >= 0.3 is 6.01 Å². The molecule has 3 rings (SSSR count). The maximum absolute atomic E-state index is 11.3. The molecule has 0 aromatic carbocycles. The van der Waals surface area contributed by atoms with Crippen LogP contribution in [0.3, 0.4) is 0 Å². The smallest absolute Gasteiger partial charge is 0.319 e. The minimum absolute atomic E-state index is 0.162. The first kappa shape index (κ1) is 9.73. The van der Waals surface area contributed by atoms with Crippen LogP contribution in [0.1, 0.15) is 18.3 Å². The van der Waals surface area contributed by atoms with Gasteiger partial charge in [0.1, 0.15) is 18.4 Å². The molecule has 0 amide bonds. The number of aliphatic hydroxyl groups excluding tert-OH is 1. The zero-order chi connectivity index (χ0) is 11.3. The minimum atomic E-state index is -0.556. The third kappa shape index (κ3) is 1.32. The molecule has 3 atom stereocenters. The Morgan fingerprint density at radius 1 is 1.56 bits per heavy atom. The fourth-order valence-electron chi connectivity index (χ4n) is 1.92. The highest BCUT2D eigenvalue weighted by Crippen LogP contribution is 2.32. The van der Waals surface area contributed by atoms with Gasteiger partial charge in [0.2, 0.25) is 0 Å². The molecule has 1 N–H and O–H groups in total. The summed E-state index contributed by atoms with van der Waals surface area (Å²) in [6.07, 6.45) is -0.884. The number of aromatic nitrogens is 3. The van der Waals surface area contributed by atoms with E-state index in [-0.39, 0.29) is 24.4 Å². The summed E-state index contributed by atoms with van der Waals surface area (Å²) in [6.45, 7) is 1.77. The molecular formula is C9H11N3O4. The van der Waals surface area contributed by atoms with Gasteiger partial charge in [-0.1, -0.05) is 0 Å². The predicted octanol–water partition coefficient (Wildman–Crippen LogP) is -1.01. The van der Waals surface area contributed by atoms with E-state index in [4.69, 9.17) is 9.47 Å². The van der Waals surface area contributed by atoms with Gasteiger partial charge in [-0.05, 0) is 6.92 Å². The molecule has 0 unspecified atom stereocenters. The second-order valence-electron chi connectivity index (χ2n) is 3.97. The molecule has 1 saturated heterocycles. The summed E-state index contributed by atoms with van der Waals surface area (Å²) in [7, 11) is 0. The van der Waals surface area contributed by atoms with Crippen LogP contribution in [0.25, 0.3) is 0 Å². The normalized spacial score (nSPS) is 31.8. The van der Waals surface area contributed by atoms with E-state index < -0.39 is 17.9 Å². The van der Waals surface area contributed by atoms with Crippen LogP contribution in [0.4, 0.5) is 0 Å². The Morgan fingerprint density at radius 2 is 2.38 bits per heavy atom. The summed E-state index contributed by atoms with van der Waals surface area (Å²) in [5.74, 6) is 0. The summed E-state index contributed by atoms with van der Waals surface area (Å²) < 4.78 is 12.3. The largest absolute Gasteiger partial charge is 0.461 e. The Kier molecular flexibility index (Phi) is 1.98. The lowest BCUT2D eigenvalue weighted by Gasteiger charge is -2.15. The Labute approximate surface area is 90.6 Å². The number of aryl methyl sites for hydroxylation is 1. The van der Waals surface area contributed by atoms with Gasteiger partial charge in [-0.2, -0.15) is 14.8 Å². The van der Waals surface area contributed by atoms with Crippen LogP contribution >= 0.6 is 0 Å². The molecule has 2 bridgehead atoms. The summed E-state index contributed by atoms with van der Waals surface area (Å²) in [5, 5.41) is 13.7. The molecule has 1 fully saturated rings. The second kappa shape index (κ2) is 3.26. The molecule has 16 heavy (non-hydrogen) atoms. The van der Waals surface area contributed by atoms with Crippen molar-refractivity contribution in [1.29, 1.82) is 0 Å². The lowest BCUT2D eigenvalue weighted by molar-refractivity contribution is -0.0239. The molecule has 86 valence electrons. The quantitative estimate of drug-likeness (QED) is 0.608. The van der Waals surface area contributed by atoms with Gasteiger partial charge in [-0.3, -0.25) is 4.79 Å². The van der Waals surface area contributed by atoms with Crippen molar-refractivity contribution in [2.75, 3.05) is 6.61 Å². The van der Waals surface area contributed by atoms with Gasteiger partial charge in [0.05, 0.1) is 6.10 Å². The van der Waals surface area contributed by atoms with Gasteiger partial charge in [0.15, 0.2) is 6.23 Å². The first-order valence-corrected chi connectivity index (χ1v) is 5.09. The zero-order valence-electron chi connectivity index (χ0n) is 8.66. The first-order chi connectivity index (χ1) is 7.65. The van der Waals surface area contributed by atoms with E-state index in [0.717, 1.165) is 0 Å². The average Bonchev–Trinajstić information content (AvgIpc) is 2.51.